The van der Waals surface area contributed by atoms with Gasteiger partial charge in [0.25, 0.3) is 5.91 Å². The number of hydrogen-bond acceptors (Lipinski definition) is 4. The summed E-state index contributed by atoms with van der Waals surface area (Å²) in [5.74, 6) is -0.244. The molecule has 1 atom stereocenters. The van der Waals surface area contributed by atoms with E-state index in [4.69, 9.17) is 0 Å². The summed E-state index contributed by atoms with van der Waals surface area (Å²) in [7, 11) is 0. The average molecular weight is 223 g/mol. The van der Waals surface area contributed by atoms with Crippen LogP contribution in [0.25, 0.3) is 0 Å². The fourth-order valence-electron chi connectivity index (χ4n) is 1.42. The van der Waals surface area contributed by atoms with Gasteiger partial charge in [0.05, 0.1) is 23.6 Å². The number of aliphatic hydroxyl groups is 1. The summed E-state index contributed by atoms with van der Waals surface area (Å²) in [6.07, 6.45) is 4.38. The van der Waals surface area contributed by atoms with Gasteiger partial charge in [-0.2, -0.15) is 10.2 Å². The molecular formula is C11H17N3O2. The number of aromatic nitrogens is 2. The van der Waals surface area contributed by atoms with E-state index in [2.05, 4.69) is 15.5 Å². The number of nitrogens with one attached hydrogen (secondary N) is 1. The van der Waals surface area contributed by atoms with Gasteiger partial charge in [-0.3, -0.25) is 4.79 Å². The molecule has 1 heterocycles. The van der Waals surface area contributed by atoms with E-state index in [1.807, 2.05) is 6.92 Å². The molecule has 1 unspecified atom stereocenters. The van der Waals surface area contributed by atoms with E-state index >= 15 is 0 Å². The second kappa shape index (κ2) is 5.55. The van der Waals surface area contributed by atoms with Crippen LogP contribution in [0.15, 0.2) is 18.5 Å². The Labute approximate surface area is 94.9 Å². The molecular weight excluding hydrogens is 206 g/mol. The zero-order valence-corrected chi connectivity index (χ0v) is 9.60. The van der Waals surface area contributed by atoms with E-state index in [1.165, 1.54) is 12.4 Å². The molecule has 0 aliphatic rings. The maximum Gasteiger partial charge on any atom is 0.253 e. The number of carbonyl (C=O) groups is 1. The van der Waals surface area contributed by atoms with Crippen LogP contribution in [-0.4, -0.2) is 33.4 Å². The molecule has 0 aliphatic carbocycles. The van der Waals surface area contributed by atoms with Gasteiger partial charge in [-0.1, -0.05) is 13.3 Å². The summed E-state index contributed by atoms with van der Waals surface area (Å²) in [6.45, 7) is 3.94. The lowest BCUT2D eigenvalue weighted by atomic mass is 10.0. The first-order chi connectivity index (χ1) is 7.55. The molecule has 0 saturated heterocycles. The lowest BCUT2D eigenvalue weighted by Gasteiger charge is -2.22. The first-order valence-electron chi connectivity index (χ1n) is 5.32. The third kappa shape index (κ3) is 3.94. The number of hydrogen-bond donors (Lipinski definition) is 2. The molecule has 1 aromatic rings. The van der Waals surface area contributed by atoms with E-state index in [0.29, 0.717) is 12.0 Å². The topological polar surface area (TPSA) is 75.1 Å². The van der Waals surface area contributed by atoms with E-state index in [0.717, 1.165) is 6.42 Å². The van der Waals surface area contributed by atoms with Crippen molar-refractivity contribution in [2.24, 2.45) is 0 Å². The molecule has 0 fully saturated rings. The zero-order valence-electron chi connectivity index (χ0n) is 9.60. The van der Waals surface area contributed by atoms with Crippen LogP contribution in [0.5, 0.6) is 0 Å². The molecule has 1 amide bonds. The highest BCUT2D eigenvalue weighted by Crippen LogP contribution is 2.10. The van der Waals surface area contributed by atoms with Crippen molar-refractivity contribution in [1.29, 1.82) is 0 Å². The second-order valence-electron chi connectivity index (χ2n) is 4.06. The largest absolute Gasteiger partial charge is 0.388 e. The van der Waals surface area contributed by atoms with Gasteiger partial charge in [0.1, 0.15) is 0 Å². The van der Waals surface area contributed by atoms with Gasteiger partial charge in [-0.25, -0.2) is 0 Å². The first kappa shape index (κ1) is 12.6. The van der Waals surface area contributed by atoms with Gasteiger partial charge in [0.2, 0.25) is 0 Å². The zero-order chi connectivity index (χ0) is 12.0. The molecule has 0 aromatic carbocycles. The highest BCUT2D eigenvalue weighted by molar-refractivity contribution is 5.93. The lowest BCUT2D eigenvalue weighted by Crippen LogP contribution is -2.40. The van der Waals surface area contributed by atoms with Crippen LogP contribution in [0.1, 0.15) is 37.0 Å². The molecule has 5 heteroatoms. The van der Waals surface area contributed by atoms with Crippen LogP contribution < -0.4 is 5.32 Å². The fourth-order valence-corrected chi connectivity index (χ4v) is 1.42. The maximum atomic E-state index is 11.6. The molecule has 2 N–H and O–H groups in total. The molecule has 5 nitrogen and oxygen atoms in total. The Balaban J connectivity index is 2.48. The highest BCUT2D eigenvalue weighted by atomic mass is 16.3. The van der Waals surface area contributed by atoms with E-state index < -0.39 is 5.60 Å². The van der Waals surface area contributed by atoms with Gasteiger partial charge in [0.15, 0.2) is 0 Å². The Kier molecular flexibility index (Phi) is 4.37. The Hall–Kier alpha value is -1.49. The first-order valence-corrected chi connectivity index (χ1v) is 5.32. The SMILES string of the molecule is CCCC(C)(O)CNC(=O)c1ccnnc1. The quantitative estimate of drug-likeness (QED) is 0.772. The molecule has 0 aliphatic heterocycles. The smallest absolute Gasteiger partial charge is 0.253 e. The van der Waals surface area contributed by atoms with Crippen molar-refractivity contribution >= 4 is 5.91 Å². The Morgan fingerprint density at radius 2 is 2.31 bits per heavy atom. The van der Waals surface area contributed by atoms with Crippen LogP contribution >= 0.6 is 0 Å². The van der Waals surface area contributed by atoms with E-state index in [-0.39, 0.29) is 12.5 Å². The summed E-state index contributed by atoms with van der Waals surface area (Å²) < 4.78 is 0. The van der Waals surface area contributed by atoms with Crippen molar-refractivity contribution in [3.05, 3.63) is 24.0 Å². The molecule has 16 heavy (non-hydrogen) atoms. The van der Waals surface area contributed by atoms with Gasteiger partial charge in [-0.15, -0.1) is 0 Å². The minimum Gasteiger partial charge on any atom is -0.388 e. The minimum atomic E-state index is -0.856. The van der Waals surface area contributed by atoms with Crippen molar-refractivity contribution in [3.63, 3.8) is 0 Å². The number of carbonyl (C=O) groups excluding carboxylic acids is 1. The molecule has 0 radical (unpaired) electrons. The monoisotopic (exact) mass is 223 g/mol. The lowest BCUT2D eigenvalue weighted by molar-refractivity contribution is 0.0469. The maximum absolute atomic E-state index is 11.6. The van der Waals surface area contributed by atoms with Crippen LogP contribution in [0.3, 0.4) is 0 Å². The number of rotatable bonds is 5. The Morgan fingerprint density at radius 1 is 1.56 bits per heavy atom. The van der Waals surface area contributed by atoms with Crippen LogP contribution in [0.2, 0.25) is 0 Å². The van der Waals surface area contributed by atoms with Crippen molar-refractivity contribution in [2.45, 2.75) is 32.3 Å². The third-order valence-electron chi connectivity index (χ3n) is 2.26. The van der Waals surface area contributed by atoms with Gasteiger partial charge in [0, 0.05) is 6.54 Å². The van der Waals surface area contributed by atoms with Crippen molar-refractivity contribution in [2.75, 3.05) is 6.54 Å². The minimum absolute atomic E-state index is 0.238. The third-order valence-corrected chi connectivity index (χ3v) is 2.26. The number of nitrogens with zero attached hydrogens (tertiary/aromatic N) is 2. The van der Waals surface area contributed by atoms with Crippen molar-refractivity contribution in [1.82, 2.24) is 15.5 Å². The summed E-state index contributed by atoms with van der Waals surface area (Å²) >= 11 is 0. The van der Waals surface area contributed by atoms with Crippen molar-refractivity contribution < 1.29 is 9.90 Å². The fraction of sp³-hybridized carbons (Fsp3) is 0.545. The van der Waals surface area contributed by atoms with E-state index in [9.17, 15) is 9.90 Å². The van der Waals surface area contributed by atoms with Crippen LogP contribution in [0, 0.1) is 0 Å². The summed E-state index contributed by atoms with van der Waals surface area (Å²) in [5.41, 5.74) is -0.410. The summed E-state index contributed by atoms with van der Waals surface area (Å²) in [4.78, 5) is 11.6. The van der Waals surface area contributed by atoms with E-state index in [1.54, 1.807) is 13.0 Å². The predicted molar refractivity (Wildman–Crippen MR) is 59.9 cm³/mol. The average Bonchev–Trinajstić information content (AvgIpc) is 2.27. The van der Waals surface area contributed by atoms with Crippen LogP contribution in [0.4, 0.5) is 0 Å². The molecule has 0 spiro atoms. The summed E-state index contributed by atoms with van der Waals surface area (Å²) in [6, 6.07) is 1.58. The van der Waals surface area contributed by atoms with Crippen LogP contribution in [-0.2, 0) is 0 Å². The number of amides is 1. The summed E-state index contributed by atoms with van der Waals surface area (Å²) in [5, 5.41) is 19.7. The second-order valence-corrected chi connectivity index (χ2v) is 4.06. The molecule has 0 bridgehead atoms. The van der Waals surface area contributed by atoms with Gasteiger partial charge in [-0.05, 0) is 19.4 Å². The predicted octanol–water partition coefficient (Wildman–Crippen LogP) is 0.757. The molecule has 1 rings (SSSR count). The highest BCUT2D eigenvalue weighted by Gasteiger charge is 2.20. The molecule has 1 aromatic heterocycles. The normalized spacial score (nSPS) is 14.2. The van der Waals surface area contributed by atoms with Crippen molar-refractivity contribution in [3.8, 4) is 0 Å². The standard InChI is InChI=1S/C11H17N3O2/c1-3-5-11(2,16)8-12-10(15)9-4-6-13-14-7-9/h4,6-7,16H,3,5,8H2,1-2H3,(H,12,15). The van der Waals surface area contributed by atoms with Gasteiger partial charge < -0.3 is 10.4 Å². The molecule has 0 saturated carbocycles. The van der Waals surface area contributed by atoms with Gasteiger partial charge >= 0.3 is 0 Å². The molecule has 88 valence electrons. The Bertz CT molecular complexity index is 338. The Morgan fingerprint density at radius 3 is 2.88 bits per heavy atom.